The molecule has 4 atom stereocenters. The second kappa shape index (κ2) is 8.53. The molecule has 1 aliphatic heterocycles. The summed E-state index contributed by atoms with van der Waals surface area (Å²) in [5, 5.41) is 15.1. The van der Waals surface area contributed by atoms with Crippen molar-refractivity contribution in [2.24, 2.45) is 11.7 Å². The van der Waals surface area contributed by atoms with E-state index in [1.165, 1.54) is 0 Å². The van der Waals surface area contributed by atoms with E-state index in [1.54, 1.807) is 4.90 Å². The molecule has 0 spiro atoms. The highest BCUT2D eigenvalue weighted by atomic mass is 16.3. The van der Waals surface area contributed by atoms with Crippen LogP contribution in [0.1, 0.15) is 42.0 Å². The summed E-state index contributed by atoms with van der Waals surface area (Å²) in [5.41, 5.74) is 7.15. The van der Waals surface area contributed by atoms with E-state index in [2.05, 4.69) is 18.3 Å². The summed E-state index contributed by atoms with van der Waals surface area (Å²) in [6, 6.07) is 14.8. The first-order valence-corrected chi connectivity index (χ1v) is 11.9. The van der Waals surface area contributed by atoms with Gasteiger partial charge >= 0.3 is 0 Å². The zero-order valence-electron chi connectivity index (χ0n) is 19.4. The molecule has 5 rings (SSSR count). The van der Waals surface area contributed by atoms with Gasteiger partial charge in [-0.25, -0.2) is 0 Å². The minimum atomic E-state index is -1.72. The second-order valence-corrected chi connectivity index (χ2v) is 9.66. The van der Waals surface area contributed by atoms with Crippen molar-refractivity contribution in [3.8, 4) is 0 Å². The normalized spacial score (nSPS) is 29.1. The van der Waals surface area contributed by atoms with Gasteiger partial charge in [0.15, 0.2) is 5.60 Å². The third kappa shape index (κ3) is 3.32. The Morgan fingerprint density at radius 2 is 1.79 bits per heavy atom. The minimum absolute atomic E-state index is 0.200. The highest BCUT2D eigenvalue weighted by Gasteiger charge is 2.61. The van der Waals surface area contributed by atoms with Crippen LogP contribution in [0.3, 0.4) is 0 Å². The zero-order valence-corrected chi connectivity index (χ0v) is 19.4. The number of allylic oxidation sites excluding steroid dienone is 3. The maximum Gasteiger partial charge on any atom is 0.260 e. The average molecular weight is 458 g/mol. The summed E-state index contributed by atoms with van der Waals surface area (Å²) in [5.74, 6) is -1.03. The van der Waals surface area contributed by atoms with E-state index in [-0.39, 0.29) is 5.91 Å². The van der Waals surface area contributed by atoms with Crippen LogP contribution in [0.25, 0.3) is 0 Å². The van der Waals surface area contributed by atoms with Gasteiger partial charge in [-0.1, -0.05) is 79.8 Å². The van der Waals surface area contributed by atoms with Gasteiger partial charge in [-0.2, -0.15) is 0 Å². The number of carbonyl (C=O) groups is 2. The molecular weight excluding hydrogens is 426 g/mol. The third-order valence-electron chi connectivity index (χ3n) is 7.81. The zero-order chi connectivity index (χ0) is 23.9. The highest BCUT2D eigenvalue weighted by molar-refractivity contribution is 5.94. The predicted octanol–water partition coefficient (Wildman–Crippen LogP) is 2.65. The van der Waals surface area contributed by atoms with Crippen LogP contribution in [0.5, 0.6) is 0 Å². The molecule has 0 radical (unpaired) electrons. The van der Waals surface area contributed by atoms with Crippen molar-refractivity contribution in [3.63, 3.8) is 0 Å². The van der Waals surface area contributed by atoms with E-state index >= 15 is 0 Å². The van der Waals surface area contributed by atoms with Crippen molar-refractivity contribution in [1.29, 1.82) is 0 Å². The number of hydrogen-bond acceptors (Lipinski definition) is 4. The number of fused-ring (bicyclic) bond motifs is 3. The molecule has 1 fully saturated rings. The molecule has 6 heteroatoms. The Kier molecular flexibility index (Phi) is 5.66. The quantitative estimate of drug-likeness (QED) is 0.643. The van der Waals surface area contributed by atoms with Crippen LogP contribution in [-0.4, -0.2) is 34.4 Å². The Morgan fingerprint density at radius 3 is 2.56 bits per heavy atom. The van der Waals surface area contributed by atoms with E-state index in [1.807, 2.05) is 66.8 Å². The van der Waals surface area contributed by atoms with Gasteiger partial charge in [0.05, 0.1) is 0 Å². The Balaban J connectivity index is 1.41. The van der Waals surface area contributed by atoms with E-state index in [9.17, 15) is 14.7 Å². The molecule has 2 amide bonds. The number of aliphatic hydroxyl groups is 1. The lowest BCUT2D eigenvalue weighted by Gasteiger charge is -2.39. The molecule has 0 bridgehead atoms. The standard InChI is InChI=1S/C28H31N3O3/c1-27-15-7-6-14-24(27)28(34,22-12-5-4-11-21(22)27)26(33)31-16-8-13-23(31)25(32)30-18-20-10-3-2-9-19(20)17-29/h2-7,9-12,14-15,23-24,34H,8,13,16-18,29H2,1H3,(H,30,32)/t23-,24?,27?,28?/m0/s1. The molecule has 2 aromatic rings. The topological polar surface area (TPSA) is 95.7 Å². The monoisotopic (exact) mass is 457 g/mol. The van der Waals surface area contributed by atoms with E-state index in [0.717, 1.165) is 23.1 Å². The van der Waals surface area contributed by atoms with Gasteiger partial charge in [-0.05, 0) is 35.1 Å². The summed E-state index contributed by atoms with van der Waals surface area (Å²) in [4.78, 5) is 28.8. The summed E-state index contributed by atoms with van der Waals surface area (Å²) in [6.07, 6.45) is 9.14. The molecular formula is C28H31N3O3. The fraction of sp³-hybridized carbons (Fsp3) is 0.357. The number of nitrogens with one attached hydrogen (secondary N) is 1. The number of rotatable bonds is 5. The minimum Gasteiger partial charge on any atom is -0.375 e. The molecule has 0 aromatic heterocycles. The van der Waals surface area contributed by atoms with Crippen molar-refractivity contribution in [2.75, 3.05) is 6.54 Å². The van der Waals surface area contributed by atoms with Gasteiger partial charge < -0.3 is 21.1 Å². The van der Waals surface area contributed by atoms with Gasteiger partial charge in [0.1, 0.15) is 6.04 Å². The molecule has 4 N–H and O–H groups in total. The van der Waals surface area contributed by atoms with Crippen molar-refractivity contribution in [2.45, 2.75) is 49.9 Å². The number of carbonyl (C=O) groups excluding carboxylic acids is 2. The summed E-state index contributed by atoms with van der Waals surface area (Å²) >= 11 is 0. The third-order valence-corrected chi connectivity index (χ3v) is 7.81. The van der Waals surface area contributed by atoms with Crippen molar-refractivity contribution < 1.29 is 14.7 Å². The fourth-order valence-electron chi connectivity index (χ4n) is 6.00. The first-order valence-electron chi connectivity index (χ1n) is 11.9. The van der Waals surface area contributed by atoms with Crippen molar-refractivity contribution in [3.05, 3.63) is 95.1 Å². The van der Waals surface area contributed by atoms with Gasteiger partial charge in [0.2, 0.25) is 5.91 Å². The molecule has 176 valence electrons. The summed E-state index contributed by atoms with van der Waals surface area (Å²) in [7, 11) is 0. The van der Waals surface area contributed by atoms with Crippen LogP contribution in [0.2, 0.25) is 0 Å². The van der Waals surface area contributed by atoms with Crippen LogP contribution in [0.4, 0.5) is 0 Å². The van der Waals surface area contributed by atoms with Crippen molar-refractivity contribution >= 4 is 11.8 Å². The first-order chi connectivity index (χ1) is 16.4. The van der Waals surface area contributed by atoms with Gasteiger partial charge in [0.25, 0.3) is 5.91 Å². The Hall–Kier alpha value is -3.22. The number of benzene rings is 2. The van der Waals surface area contributed by atoms with E-state index < -0.39 is 28.9 Å². The molecule has 1 heterocycles. The first kappa shape index (κ1) is 22.6. The SMILES string of the molecule is CC12C=CC=CC1C(O)(C(=O)N1CCC[C@H]1C(=O)NCc1ccccc1CN)c1ccccc12. The Bertz CT molecular complexity index is 1190. The van der Waals surface area contributed by atoms with Gasteiger partial charge in [-0.15, -0.1) is 0 Å². The van der Waals surface area contributed by atoms with Crippen molar-refractivity contribution in [1.82, 2.24) is 10.2 Å². The molecule has 2 aliphatic carbocycles. The lowest BCUT2D eigenvalue weighted by Crippen LogP contribution is -2.55. The molecule has 1 saturated heterocycles. The lowest BCUT2D eigenvalue weighted by molar-refractivity contribution is -0.160. The predicted molar refractivity (Wildman–Crippen MR) is 130 cm³/mol. The fourth-order valence-corrected chi connectivity index (χ4v) is 6.00. The maximum absolute atomic E-state index is 14.0. The molecule has 3 aliphatic rings. The van der Waals surface area contributed by atoms with Crippen LogP contribution in [-0.2, 0) is 33.7 Å². The number of nitrogens with zero attached hydrogens (tertiary/aromatic N) is 1. The van der Waals surface area contributed by atoms with Gasteiger partial charge in [0, 0.05) is 31.0 Å². The smallest absolute Gasteiger partial charge is 0.260 e. The van der Waals surface area contributed by atoms with E-state index in [4.69, 9.17) is 5.73 Å². The second-order valence-electron chi connectivity index (χ2n) is 9.66. The highest BCUT2D eigenvalue weighted by Crippen LogP contribution is 2.56. The summed E-state index contributed by atoms with van der Waals surface area (Å²) < 4.78 is 0. The number of hydrogen-bond donors (Lipinski definition) is 3. The largest absolute Gasteiger partial charge is 0.375 e. The van der Waals surface area contributed by atoms with Gasteiger partial charge in [-0.3, -0.25) is 9.59 Å². The number of amides is 2. The molecule has 0 saturated carbocycles. The summed E-state index contributed by atoms with van der Waals surface area (Å²) in [6.45, 7) is 3.26. The molecule has 34 heavy (non-hydrogen) atoms. The van der Waals surface area contributed by atoms with Crippen LogP contribution in [0, 0.1) is 5.92 Å². The lowest BCUT2D eigenvalue weighted by atomic mass is 9.70. The average Bonchev–Trinajstić information content (AvgIpc) is 3.43. The van der Waals surface area contributed by atoms with Crippen LogP contribution < -0.4 is 11.1 Å². The molecule has 2 aromatic carbocycles. The number of likely N-dealkylation sites (tertiary alicyclic amines) is 1. The molecule has 6 nitrogen and oxygen atoms in total. The van der Waals surface area contributed by atoms with Crippen LogP contribution in [0.15, 0.2) is 72.8 Å². The van der Waals surface area contributed by atoms with Crippen LogP contribution >= 0.6 is 0 Å². The maximum atomic E-state index is 14.0. The number of nitrogens with two attached hydrogens (primary N) is 1. The van der Waals surface area contributed by atoms with E-state index in [0.29, 0.717) is 31.6 Å². The Labute approximate surface area is 200 Å². The molecule has 3 unspecified atom stereocenters. The Morgan fingerprint density at radius 1 is 1.09 bits per heavy atom.